The molecule has 9 rings (SSSR count). The molecular formula is C41H28. The van der Waals surface area contributed by atoms with Gasteiger partial charge in [-0.2, -0.15) is 0 Å². The van der Waals surface area contributed by atoms with Gasteiger partial charge < -0.3 is 0 Å². The van der Waals surface area contributed by atoms with Crippen LogP contribution < -0.4 is 0 Å². The molecule has 8 aromatic rings. The lowest BCUT2D eigenvalue weighted by molar-refractivity contribution is 0.645. The zero-order chi connectivity index (χ0) is 35.1. The zero-order valence-electron chi connectivity index (χ0n) is 31.5. The van der Waals surface area contributed by atoms with Crippen LogP contribution in [0.2, 0.25) is 0 Å². The Kier molecular flexibility index (Phi) is 3.09. The Balaban J connectivity index is 1.27. The highest BCUT2D eigenvalue weighted by atomic mass is 14.4. The van der Waals surface area contributed by atoms with Gasteiger partial charge in [0.1, 0.15) is 0 Å². The first-order valence-electron chi connectivity index (χ1n) is 18.3. The number of benzene rings is 8. The van der Waals surface area contributed by atoms with Crippen molar-refractivity contribution in [3.05, 3.63) is 144 Å². The lowest BCUT2D eigenvalue weighted by atomic mass is 9.68. The van der Waals surface area contributed by atoms with E-state index >= 15 is 0 Å². The second-order valence-electron chi connectivity index (χ2n) is 11.4. The largest absolute Gasteiger partial charge is 0.0630 e. The van der Waals surface area contributed by atoms with Crippen molar-refractivity contribution >= 4 is 43.1 Å². The molecule has 0 radical (unpaired) electrons. The topological polar surface area (TPSA) is 0 Å². The van der Waals surface area contributed by atoms with Crippen molar-refractivity contribution in [3.8, 4) is 33.4 Å². The maximum Gasteiger partial charge on any atom is 0.0630 e. The van der Waals surface area contributed by atoms with Gasteiger partial charge >= 0.3 is 0 Å². The zero-order valence-corrected chi connectivity index (χ0v) is 22.5. The Hall–Kier alpha value is -4.94. The maximum absolute atomic E-state index is 9.10. The third kappa shape index (κ3) is 3.11. The second kappa shape index (κ2) is 8.05. The molecule has 0 nitrogen and oxygen atoms in total. The molecule has 0 saturated heterocycles. The average Bonchev–Trinajstić information content (AvgIpc) is 3.11. The summed E-state index contributed by atoms with van der Waals surface area (Å²) in [6.45, 7) is 4.53. The Morgan fingerprint density at radius 1 is 0.463 bits per heavy atom. The molecule has 0 heteroatoms. The summed E-state index contributed by atoms with van der Waals surface area (Å²) in [6.07, 6.45) is 0. The fraction of sp³-hybridized carbons (Fsp3) is 0.0732. The Labute approximate surface area is 252 Å². The van der Waals surface area contributed by atoms with Crippen LogP contribution in [0.1, 0.15) is 37.3 Å². The smallest absolute Gasteiger partial charge is 0.0613 e. The van der Waals surface area contributed by atoms with Crippen LogP contribution in [0.5, 0.6) is 0 Å². The second-order valence-corrected chi connectivity index (χ2v) is 11.4. The van der Waals surface area contributed by atoms with Crippen LogP contribution >= 0.6 is 0 Å². The number of rotatable bonds is 2. The molecule has 0 amide bonds. The van der Waals surface area contributed by atoms with E-state index in [9.17, 15) is 0 Å². The molecule has 0 N–H and O–H groups in total. The molecule has 0 aromatic heterocycles. The molecule has 0 bridgehead atoms. The minimum absolute atomic E-state index is 0.0218. The van der Waals surface area contributed by atoms with Gasteiger partial charge in [0.05, 0.1) is 12.3 Å². The van der Waals surface area contributed by atoms with Gasteiger partial charge in [0, 0.05) is 5.41 Å². The van der Waals surface area contributed by atoms with Crippen LogP contribution in [-0.2, 0) is 5.41 Å². The van der Waals surface area contributed by atoms with Crippen molar-refractivity contribution in [2.45, 2.75) is 19.3 Å². The molecular weight excluding hydrogens is 492 g/mol. The number of fused-ring (bicyclic) bond motifs is 2. The van der Waals surface area contributed by atoms with Crippen molar-refractivity contribution in [2.75, 3.05) is 0 Å². The predicted molar refractivity (Wildman–Crippen MR) is 176 cm³/mol. The SMILES string of the molecule is [2H]c1c([2H])c2c([2H])c([2H])c3c([2H])c([2H])c(-c4ccc(-c5ccc6c(c5)-c5cccc7cccc(c57)C6(C)C)cc4)c4c([2H])c([2H])c(c1[2H])c2c34. The van der Waals surface area contributed by atoms with Gasteiger partial charge in [-0.05, 0) is 93.7 Å². The van der Waals surface area contributed by atoms with E-state index in [2.05, 4.69) is 68.4 Å². The summed E-state index contributed by atoms with van der Waals surface area (Å²) in [4.78, 5) is 0. The first kappa shape index (κ1) is 15.7. The molecule has 0 unspecified atom stereocenters. The van der Waals surface area contributed by atoms with Crippen LogP contribution in [0.3, 0.4) is 0 Å². The minimum atomic E-state index is -0.480. The fourth-order valence-electron chi connectivity index (χ4n) is 6.83. The molecule has 0 heterocycles. The van der Waals surface area contributed by atoms with Gasteiger partial charge in [-0.15, -0.1) is 0 Å². The van der Waals surface area contributed by atoms with E-state index in [1.54, 1.807) is 0 Å². The summed E-state index contributed by atoms with van der Waals surface area (Å²) in [5.41, 5.74) is 7.50. The molecule has 0 fully saturated rings. The standard InChI is InChI=1S/C41H28/c1-41(2)36-23-20-31(24-35(36)33-10-4-8-27-9-5-11-37(41)39(27)33)25-12-14-26(15-13-25)32-21-18-30-17-16-28-6-3-7-29-19-22-34(32)40(30)38(28)29/h3-24H,1-2H3/i3D,6D,7D,16D,17D,18D,19D,21D,22D. The van der Waals surface area contributed by atoms with Crippen LogP contribution in [-0.4, -0.2) is 0 Å². The van der Waals surface area contributed by atoms with E-state index in [0.29, 0.717) is 5.56 Å². The average molecular weight is 530 g/mol. The van der Waals surface area contributed by atoms with Crippen LogP contribution in [0, 0.1) is 0 Å². The van der Waals surface area contributed by atoms with Crippen molar-refractivity contribution in [2.24, 2.45) is 0 Å². The normalized spacial score (nSPS) is 16.9. The van der Waals surface area contributed by atoms with Gasteiger partial charge in [-0.1, -0.05) is 141 Å². The molecule has 1 aliphatic rings. The van der Waals surface area contributed by atoms with E-state index < -0.39 is 24.2 Å². The van der Waals surface area contributed by atoms with E-state index in [1.165, 1.54) is 33.0 Å². The highest BCUT2D eigenvalue weighted by Crippen LogP contribution is 2.49. The third-order valence-corrected chi connectivity index (χ3v) is 8.88. The summed E-state index contributed by atoms with van der Waals surface area (Å²) in [5.74, 6) is 0. The molecule has 192 valence electrons. The Morgan fingerprint density at radius 2 is 1.12 bits per heavy atom. The van der Waals surface area contributed by atoms with Crippen molar-refractivity contribution < 1.29 is 12.3 Å². The minimum Gasteiger partial charge on any atom is -0.0613 e. The summed E-state index contributed by atoms with van der Waals surface area (Å²) in [7, 11) is 0. The Morgan fingerprint density at radius 3 is 1.93 bits per heavy atom. The van der Waals surface area contributed by atoms with Crippen LogP contribution in [0.4, 0.5) is 0 Å². The van der Waals surface area contributed by atoms with Gasteiger partial charge in [-0.25, -0.2) is 0 Å². The maximum atomic E-state index is 9.10. The lowest BCUT2D eigenvalue weighted by Crippen LogP contribution is -2.23. The van der Waals surface area contributed by atoms with E-state index in [4.69, 9.17) is 12.3 Å². The number of hydrogen-bond donors (Lipinski definition) is 0. The number of hydrogen-bond acceptors (Lipinski definition) is 0. The van der Waals surface area contributed by atoms with E-state index in [0.717, 1.165) is 11.1 Å². The summed E-state index contributed by atoms with van der Waals surface area (Å²) >= 11 is 0. The van der Waals surface area contributed by atoms with Crippen LogP contribution in [0.15, 0.2) is 133 Å². The molecule has 1 aliphatic carbocycles. The van der Waals surface area contributed by atoms with Crippen LogP contribution in [0.25, 0.3) is 76.5 Å². The molecule has 0 aliphatic heterocycles. The van der Waals surface area contributed by atoms with Gasteiger partial charge in [0.15, 0.2) is 0 Å². The molecule has 0 atom stereocenters. The molecule has 8 aromatic carbocycles. The summed E-state index contributed by atoms with van der Waals surface area (Å²) in [6, 6.07) is 23.8. The quantitative estimate of drug-likeness (QED) is 0.195. The summed E-state index contributed by atoms with van der Waals surface area (Å²) < 4.78 is 79.2. The van der Waals surface area contributed by atoms with Crippen molar-refractivity contribution in [1.82, 2.24) is 0 Å². The van der Waals surface area contributed by atoms with Crippen molar-refractivity contribution in [3.63, 3.8) is 0 Å². The molecule has 0 spiro atoms. The fourth-order valence-corrected chi connectivity index (χ4v) is 6.83. The molecule has 41 heavy (non-hydrogen) atoms. The first-order chi connectivity index (χ1) is 23.8. The van der Waals surface area contributed by atoms with Gasteiger partial charge in [0.2, 0.25) is 0 Å². The Bertz CT molecular complexity index is 2790. The third-order valence-electron chi connectivity index (χ3n) is 8.88. The van der Waals surface area contributed by atoms with E-state index in [1.807, 2.05) is 24.3 Å². The van der Waals surface area contributed by atoms with E-state index in [-0.39, 0.29) is 73.5 Å². The highest BCUT2D eigenvalue weighted by molar-refractivity contribution is 6.25. The monoisotopic (exact) mass is 529 g/mol. The van der Waals surface area contributed by atoms with Gasteiger partial charge in [-0.3, -0.25) is 0 Å². The van der Waals surface area contributed by atoms with Gasteiger partial charge in [0.25, 0.3) is 0 Å². The first-order valence-corrected chi connectivity index (χ1v) is 13.8. The van der Waals surface area contributed by atoms with Crippen molar-refractivity contribution in [1.29, 1.82) is 0 Å². The predicted octanol–water partition coefficient (Wildman–Crippen LogP) is 11.4. The lowest BCUT2D eigenvalue weighted by Gasteiger charge is -2.35. The molecule has 0 saturated carbocycles. The summed E-state index contributed by atoms with van der Waals surface area (Å²) in [5, 5.41) is 2.89. The highest BCUT2D eigenvalue weighted by Gasteiger charge is 2.33.